The van der Waals surface area contributed by atoms with E-state index in [-0.39, 0.29) is 10.9 Å². The molecule has 0 bridgehead atoms. The van der Waals surface area contributed by atoms with Crippen molar-refractivity contribution in [2.45, 2.75) is 32.3 Å². The summed E-state index contributed by atoms with van der Waals surface area (Å²) in [6.45, 7) is 2.71. The molecule has 1 aliphatic carbocycles. The van der Waals surface area contributed by atoms with Crippen LogP contribution in [0.4, 0.5) is 5.69 Å². The zero-order valence-corrected chi connectivity index (χ0v) is 13.5. The SMILES string of the molecule is CCOC1CC(CC(=O)Nc2cc(Cl)ccc2C(N)=S)C1. The third kappa shape index (κ3) is 4.40. The van der Waals surface area contributed by atoms with Crippen LogP contribution in [0.1, 0.15) is 31.7 Å². The Kier molecular flexibility index (Phi) is 5.56. The molecule has 0 spiro atoms. The third-order valence-electron chi connectivity index (χ3n) is 3.59. The molecule has 0 heterocycles. The summed E-state index contributed by atoms with van der Waals surface area (Å²) >= 11 is 10.9. The lowest BCUT2D eigenvalue weighted by atomic mass is 9.80. The van der Waals surface area contributed by atoms with Crippen LogP contribution in [0, 0.1) is 5.92 Å². The Labute approximate surface area is 135 Å². The van der Waals surface area contributed by atoms with Gasteiger partial charge in [0.1, 0.15) is 4.99 Å². The molecule has 1 fully saturated rings. The molecule has 2 rings (SSSR count). The highest BCUT2D eigenvalue weighted by atomic mass is 35.5. The lowest BCUT2D eigenvalue weighted by molar-refractivity contribution is -0.119. The first-order valence-corrected chi connectivity index (χ1v) is 7.79. The minimum Gasteiger partial charge on any atom is -0.389 e. The van der Waals surface area contributed by atoms with Crippen molar-refractivity contribution in [3.05, 3.63) is 28.8 Å². The average molecular weight is 327 g/mol. The molecule has 21 heavy (non-hydrogen) atoms. The first-order chi connectivity index (χ1) is 9.99. The van der Waals surface area contributed by atoms with Crippen molar-refractivity contribution >= 4 is 40.4 Å². The smallest absolute Gasteiger partial charge is 0.224 e. The number of nitrogens with two attached hydrogens (primary N) is 1. The molecule has 0 saturated heterocycles. The van der Waals surface area contributed by atoms with Crippen molar-refractivity contribution < 1.29 is 9.53 Å². The van der Waals surface area contributed by atoms with Gasteiger partial charge in [-0.25, -0.2) is 0 Å². The van der Waals surface area contributed by atoms with E-state index in [1.165, 1.54) is 0 Å². The fourth-order valence-electron chi connectivity index (χ4n) is 2.51. The van der Waals surface area contributed by atoms with Crippen LogP contribution >= 0.6 is 23.8 Å². The van der Waals surface area contributed by atoms with Gasteiger partial charge in [0, 0.05) is 23.6 Å². The van der Waals surface area contributed by atoms with Gasteiger partial charge in [0.2, 0.25) is 5.91 Å². The second kappa shape index (κ2) is 7.20. The second-order valence-corrected chi connectivity index (χ2v) is 6.10. The molecule has 0 radical (unpaired) electrons. The van der Waals surface area contributed by atoms with Crippen LogP contribution in [0.5, 0.6) is 0 Å². The number of benzene rings is 1. The summed E-state index contributed by atoms with van der Waals surface area (Å²) < 4.78 is 5.49. The summed E-state index contributed by atoms with van der Waals surface area (Å²) in [6.07, 6.45) is 2.68. The number of carbonyl (C=O) groups is 1. The number of thiocarbonyl (C=S) groups is 1. The van der Waals surface area contributed by atoms with Gasteiger partial charge in [-0.2, -0.15) is 0 Å². The summed E-state index contributed by atoms with van der Waals surface area (Å²) in [5, 5.41) is 3.38. The second-order valence-electron chi connectivity index (χ2n) is 5.22. The zero-order chi connectivity index (χ0) is 15.4. The Morgan fingerprint density at radius 3 is 2.86 bits per heavy atom. The van der Waals surface area contributed by atoms with Gasteiger partial charge < -0.3 is 15.8 Å². The van der Waals surface area contributed by atoms with Gasteiger partial charge in [0.05, 0.1) is 11.8 Å². The number of hydrogen-bond donors (Lipinski definition) is 2. The quantitative estimate of drug-likeness (QED) is 0.788. The van der Waals surface area contributed by atoms with Crippen molar-refractivity contribution in [2.24, 2.45) is 11.7 Å². The van der Waals surface area contributed by atoms with Gasteiger partial charge in [0.15, 0.2) is 0 Å². The molecule has 1 saturated carbocycles. The highest BCUT2D eigenvalue weighted by Gasteiger charge is 2.31. The average Bonchev–Trinajstić information content (AvgIpc) is 2.36. The number of amides is 1. The standard InChI is InChI=1S/C15H19ClN2O2S/c1-2-20-11-5-9(6-11)7-14(19)18-13-8-10(16)3-4-12(13)15(17)21/h3-4,8-9,11H,2,5-7H2,1H3,(H2,17,21)(H,18,19). The van der Waals surface area contributed by atoms with Crippen LogP contribution < -0.4 is 11.1 Å². The molecule has 0 aliphatic heterocycles. The highest BCUT2D eigenvalue weighted by Crippen LogP contribution is 2.33. The number of carbonyl (C=O) groups excluding carboxylic acids is 1. The monoisotopic (exact) mass is 326 g/mol. The van der Waals surface area contributed by atoms with Crippen LogP contribution in [0.25, 0.3) is 0 Å². The Balaban J connectivity index is 1.91. The Bertz CT molecular complexity index is 544. The molecule has 1 aromatic carbocycles. The Morgan fingerprint density at radius 2 is 2.24 bits per heavy atom. The fraction of sp³-hybridized carbons (Fsp3) is 0.467. The predicted octanol–water partition coefficient (Wildman–Crippen LogP) is 3.12. The largest absolute Gasteiger partial charge is 0.389 e. The van der Waals surface area contributed by atoms with Crippen molar-refractivity contribution in [2.75, 3.05) is 11.9 Å². The molecular weight excluding hydrogens is 308 g/mol. The van der Waals surface area contributed by atoms with Crippen molar-refractivity contribution in [1.82, 2.24) is 0 Å². The number of ether oxygens (including phenoxy) is 1. The van der Waals surface area contributed by atoms with E-state index in [2.05, 4.69) is 5.32 Å². The van der Waals surface area contributed by atoms with Crippen LogP contribution in [-0.2, 0) is 9.53 Å². The summed E-state index contributed by atoms with van der Waals surface area (Å²) in [5.41, 5.74) is 6.85. The molecule has 1 aliphatic rings. The van der Waals surface area contributed by atoms with E-state index in [1.54, 1.807) is 18.2 Å². The van der Waals surface area contributed by atoms with E-state index < -0.39 is 0 Å². The molecule has 0 unspecified atom stereocenters. The van der Waals surface area contributed by atoms with Gasteiger partial charge >= 0.3 is 0 Å². The summed E-state index contributed by atoms with van der Waals surface area (Å²) in [7, 11) is 0. The molecule has 6 heteroatoms. The number of nitrogens with one attached hydrogen (secondary N) is 1. The van der Waals surface area contributed by atoms with Gasteiger partial charge in [-0.3, -0.25) is 4.79 Å². The van der Waals surface area contributed by atoms with Crippen molar-refractivity contribution in [3.8, 4) is 0 Å². The number of anilines is 1. The fourth-order valence-corrected chi connectivity index (χ4v) is 2.86. The Hall–Kier alpha value is -1.17. The topological polar surface area (TPSA) is 64.3 Å². The van der Waals surface area contributed by atoms with Crippen LogP contribution in [0.3, 0.4) is 0 Å². The molecule has 114 valence electrons. The van der Waals surface area contributed by atoms with Crippen LogP contribution in [0.2, 0.25) is 5.02 Å². The van der Waals surface area contributed by atoms with Gasteiger partial charge in [-0.1, -0.05) is 23.8 Å². The van der Waals surface area contributed by atoms with E-state index in [4.69, 9.17) is 34.3 Å². The maximum Gasteiger partial charge on any atom is 0.224 e. The van der Waals surface area contributed by atoms with Gasteiger partial charge in [0.25, 0.3) is 0 Å². The first-order valence-electron chi connectivity index (χ1n) is 7.00. The normalized spacial score (nSPS) is 20.7. The summed E-state index contributed by atoms with van der Waals surface area (Å²) in [4.78, 5) is 12.3. The maximum absolute atomic E-state index is 12.1. The molecule has 3 N–H and O–H groups in total. The molecule has 0 aromatic heterocycles. The van der Waals surface area contributed by atoms with E-state index in [0.717, 1.165) is 19.4 Å². The van der Waals surface area contributed by atoms with Crippen molar-refractivity contribution in [1.29, 1.82) is 0 Å². The lowest BCUT2D eigenvalue weighted by Gasteiger charge is -2.34. The highest BCUT2D eigenvalue weighted by molar-refractivity contribution is 7.80. The maximum atomic E-state index is 12.1. The van der Waals surface area contributed by atoms with E-state index in [0.29, 0.717) is 34.7 Å². The van der Waals surface area contributed by atoms with Gasteiger partial charge in [-0.15, -0.1) is 0 Å². The number of halogens is 1. The van der Waals surface area contributed by atoms with Crippen LogP contribution in [0.15, 0.2) is 18.2 Å². The van der Waals surface area contributed by atoms with E-state index >= 15 is 0 Å². The number of rotatable bonds is 6. The third-order valence-corrected chi connectivity index (χ3v) is 4.05. The molecular formula is C15H19ClN2O2S. The number of hydrogen-bond acceptors (Lipinski definition) is 3. The molecule has 1 amide bonds. The van der Waals surface area contributed by atoms with E-state index in [9.17, 15) is 4.79 Å². The minimum atomic E-state index is -0.0466. The van der Waals surface area contributed by atoms with Crippen molar-refractivity contribution in [3.63, 3.8) is 0 Å². The zero-order valence-electron chi connectivity index (χ0n) is 11.9. The predicted molar refractivity (Wildman–Crippen MR) is 88.7 cm³/mol. The first kappa shape index (κ1) is 16.2. The minimum absolute atomic E-state index is 0.0466. The summed E-state index contributed by atoms with van der Waals surface area (Å²) in [6, 6.07) is 5.08. The molecule has 4 nitrogen and oxygen atoms in total. The Morgan fingerprint density at radius 1 is 1.52 bits per heavy atom. The van der Waals surface area contributed by atoms with Crippen LogP contribution in [-0.4, -0.2) is 23.6 Å². The van der Waals surface area contributed by atoms with E-state index in [1.807, 2.05) is 6.92 Å². The lowest BCUT2D eigenvalue weighted by Crippen LogP contribution is -2.34. The van der Waals surface area contributed by atoms with Gasteiger partial charge in [-0.05, 0) is 43.9 Å². The summed E-state index contributed by atoms with van der Waals surface area (Å²) in [5.74, 6) is 0.337. The molecule has 1 aromatic rings. The molecule has 0 atom stereocenters.